The van der Waals surface area contributed by atoms with E-state index in [0.29, 0.717) is 11.3 Å². The highest BCUT2D eigenvalue weighted by atomic mass is 32.2. The van der Waals surface area contributed by atoms with Crippen molar-refractivity contribution in [2.24, 2.45) is 0 Å². The molecule has 1 aliphatic rings. The van der Waals surface area contributed by atoms with E-state index in [1.165, 1.54) is 0 Å². The molecule has 0 spiro atoms. The Kier molecular flexibility index (Phi) is 4.15. The second-order valence-corrected chi connectivity index (χ2v) is 6.30. The lowest BCUT2D eigenvalue weighted by Crippen LogP contribution is -2.33. The number of rotatable bonds is 3. The molecule has 0 aliphatic carbocycles. The van der Waals surface area contributed by atoms with Crippen LogP contribution in [0.25, 0.3) is 0 Å². The van der Waals surface area contributed by atoms with Gasteiger partial charge >= 0.3 is 0 Å². The smallest absolute Gasteiger partial charge is 0.258 e. The molecule has 108 valence electrons. The van der Waals surface area contributed by atoms with Crippen LogP contribution in [0.3, 0.4) is 0 Å². The summed E-state index contributed by atoms with van der Waals surface area (Å²) >= 11 is 1.80. The number of hydrogen-bond acceptors (Lipinski definition) is 3. The maximum absolute atomic E-state index is 12.7. The Balaban J connectivity index is 1.87. The number of carbonyl (C=O) groups excluding carboxylic acids is 1. The van der Waals surface area contributed by atoms with Crippen molar-refractivity contribution in [2.45, 2.75) is 12.3 Å². The van der Waals surface area contributed by atoms with Crippen molar-refractivity contribution in [1.29, 1.82) is 0 Å². The highest BCUT2D eigenvalue weighted by Gasteiger charge is 2.28. The predicted molar refractivity (Wildman–Crippen MR) is 85.9 cm³/mol. The molecule has 1 atom stereocenters. The lowest BCUT2D eigenvalue weighted by molar-refractivity contribution is 0.0766. The third-order valence-corrected chi connectivity index (χ3v) is 4.63. The lowest BCUT2D eigenvalue weighted by atomic mass is 10.1. The van der Waals surface area contributed by atoms with Gasteiger partial charge in [-0.25, -0.2) is 0 Å². The van der Waals surface area contributed by atoms with Gasteiger partial charge in [0.2, 0.25) is 0 Å². The zero-order valence-corrected chi connectivity index (χ0v) is 12.7. The SMILES string of the molecule is CC1SCCN1C(=O)c1ccccc1Oc1ccccc1. The molecule has 0 saturated carbocycles. The van der Waals surface area contributed by atoms with Crippen LogP contribution in [0.5, 0.6) is 11.5 Å². The molecule has 3 rings (SSSR count). The predicted octanol–water partition coefficient (Wildman–Crippen LogP) is 4.01. The summed E-state index contributed by atoms with van der Waals surface area (Å²) in [4.78, 5) is 14.6. The fourth-order valence-corrected chi connectivity index (χ4v) is 3.39. The van der Waals surface area contributed by atoms with Crippen LogP contribution in [0.4, 0.5) is 0 Å². The average molecular weight is 299 g/mol. The fourth-order valence-electron chi connectivity index (χ4n) is 2.36. The molecule has 4 heteroatoms. The largest absolute Gasteiger partial charge is 0.457 e. The monoisotopic (exact) mass is 299 g/mol. The molecule has 2 aromatic carbocycles. The van der Waals surface area contributed by atoms with Gasteiger partial charge in [0.05, 0.1) is 10.9 Å². The highest BCUT2D eigenvalue weighted by Crippen LogP contribution is 2.30. The van der Waals surface area contributed by atoms with Gasteiger partial charge in [-0.1, -0.05) is 30.3 Å². The summed E-state index contributed by atoms with van der Waals surface area (Å²) < 4.78 is 5.87. The summed E-state index contributed by atoms with van der Waals surface area (Å²) in [6, 6.07) is 17.0. The molecule has 0 aromatic heterocycles. The van der Waals surface area contributed by atoms with Gasteiger partial charge in [0.15, 0.2) is 0 Å². The van der Waals surface area contributed by atoms with Crippen LogP contribution in [0.1, 0.15) is 17.3 Å². The Morgan fingerprint density at radius 3 is 2.57 bits per heavy atom. The molecule has 2 aromatic rings. The average Bonchev–Trinajstić information content (AvgIpc) is 2.94. The second-order valence-electron chi connectivity index (χ2n) is 4.88. The molecule has 1 amide bonds. The minimum Gasteiger partial charge on any atom is -0.457 e. The molecule has 1 aliphatic heterocycles. The van der Waals surface area contributed by atoms with Crippen LogP contribution in [0.2, 0.25) is 0 Å². The van der Waals surface area contributed by atoms with Crippen LogP contribution < -0.4 is 4.74 Å². The van der Waals surface area contributed by atoms with Crippen molar-refractivity contribution in [2.75, 3.05) is 12.3 Å². The second kappa shape index (κ2) is 6.22. The summed E-state index contributed by atoms with van der Waals surface area (Å²) in [5.41, 5.74) is 0.621. The summed E-state index contributed by atoms with van der Waals surface area (Å²) in [5, 5.41) is 0.224. The minimum atomic E-state index is 0.0408. The first-order valence-corrected chi connectivity index (χ1v) is 8.05. The Morgan fingerprint density at radius 2 is 1.86 bits per heavy atom. The third kappa shape index (κ3) is 3.05. The zero-order chi connectivity index (χ0) is 14.7. The molecule has 1 fully saturated rings. The number of nitrogens with zero attached hydrogens (tertiary/aromatic N) is 1. The third-order valence-electron chi connectivity index (χ3n) is 3.48. The molecule has 1 saturated heterocycles. The number of amides is 1. The number of carbonyl (C=O) groups is 1. The van der Waals surface area contributed by atoms with Crippen molar-refractivity contribution < 1.29 is 9.53 Å². The van der Waals surface area contributed by atoms with Gasteiger partial charge in [0, 0.05) is 12.3 Å². The number of ether oxygens (including phenoxy) is 1. The van der Waals surface area contributed by atoms with E-state index in [2.05, 4.69) is 6.92 Å². The lowest BCUT2D eigenvalue weighted by Gasteiger charge is -2.21. The van der Waals surface area contributed by atoms with Crippen LogP contribution >= 0.6 is 11.8 Å². The number of para-hydroxylation sites is 2. The normalized spacial score (nSPS) is 17.8. The molecule has 1 heterocycles. The highest BCUT2D eigenvalue weighted by molar-refractivity contribution is 8.00. The van der Waals surface area contributed by atoms with Gasteiger partial charge in [0.1, 0.15) is 11.5 Å². The summed E-state index contributed by atoms with van der Waals surface area (Å²) in [6.07, 6.45) is 0. The maximum Gasteiger partial charge on any atom is 0.258 e. The summed E-state index contributed by atoms with van der Waals surface area (Å²) in [6.45, 7) is 2.86. The topological polar surface area (TPSA) is 29.5 Å². The molecule has 0 N–H and O–H groups in total. The van der Waals surface area contributed by atoms with Gasteiger partial charge in [-0.05, 0) is 31.2 Å². The van der Waals surface area contributed by atoms with E-state index in [1.807, 2.05) is 59.5 Å². The molecule has 0 bridgehead atoms. The van der Waals surface area contributed by atoms with E-state index >= 15 is 0 Å². The maximum atomic E-state index is 12.7. The fraction of sp³-hybridized carbons (Fsp3) is 0.235. The van der Waals surface area contributed by atoms with Crippen LogP contribution in [0, 0.1) is 0 Å². The van der Waals surface area contributed by atoms with Gasteiger partial charge in [-0.2, -0.15) is 0 Å². The van der Waals surface area contributed by atoms with Gasteiger partial charge in [-0.3, -0.25) is 4.79 Å². The van der Waals surface area contributed by atoms with Crippen molar-refractivity contribution in [1.82, 2.24) is 4.90 Å². The minimum absolute atomic E-state index is 0.0408. The van der Waals surface area contributed by atoms with E-state index in [0.717, 1.165) is 18.0 Å². The van der Waals surface area contributed by atoms with Crippen molar-refractivity contribution in [3.63, 3.8) is 0 Å². The zero-order valence-electron chi connectivity index (χ0n) is 11.9. The number of thioether (sulfide) groups is 1. The van der Waals surface area contributed by atoms with Gasteiger partial charge < -0.3 is 9.64 Å². The quantitative estimate of drug-likeness (QED) is 0.857. The van der Waals surface area contributed by atoms with E-state index in [9.17, 15) is 4.79 Å². The molecule has 21 heavy (non-hydrogen) atoms. The Morgan fingerprint density at radius 1 is 1.14 bits per heavy atom. The van der Waals surface area contributed by atoms with E-state index in [4.69, 9.17) is 4.74 Å². The van der Waals surface area contributed by atoms with E-state index in [-0.39, 0.29) is 11.3 Å². The molecular formula is C17H17NO2S. The first kappa shape index (κ1) is 14.0. The molecule has 3 nitrogen and oxygen atoms in total. The van der Waals surface area contributed by atoms with Crippen molar-refractivity contribution in [3.8, 4) is 11.5 Å². The summed E-state index contributed by atoms with van der Waals surface area (Å²) in [7, 11) is 0. The Bertz CT molecular complexity index is 630. The van der Waals surface area contributed by atoms with Crippen LogP contribution in [-0.4, -0.2) is 28.5 Å². The molecule has 0 radical (unpaired) electrons. The van der Waals surface area contributed by atoms with E-state index < -0.39 is 0 Å². The number of hydrogen-bond donors (Lipinski definition) is 0. The van der Waals surface area contributed by atoms with Gasteiger partial charge in [-0.15, -0.1) is 11.8 Å². The van der Waals surface area contributed by atoms with E-state index in [1.54, 1.807) is 11.8 Å². The molecular weight excluding hydrogens is 282 g/mol. The van der Waals surface area contributed by atoms with Gasteiger partial charge in [0.25, 0.3) is 5.91 Å². The first-order valence-electron chi connectivity index (χ1n) is 7.00. The van der Waals surface area contributed by atoms with Crippen molar-refractivity contribution in [3.05, 3.63) is 60.2 Å². The Labute approximate surface area is 128 Å². The number of benzene rings is 2. The molecule has 1 unspecified atom stereocenters. The van der Waals surface area contributed by atoms with Crippen molar-refractivity contribution >= 4 is 17.7 Å². The standard InChI is InChI=1S/C17H17NO2S/c1-13-18(11-12-21-13)17(19)15-9-5-6-10-16(15)20-14-7-3-2-4-8-14/h2-10,13H,11-12H2,1H3. The Hall–Kier alpha value is -1.94. The first-order chi connectivity index (χ1) is 10.3. The van der Waals surface area contributed by atoms with Crippen LogP contribution in [0.15, 0.2) is 54.6 Å². The summed E-state index contributed by atoms with van der Waals surface area (Å²) in [5.74, 6) is 2.38. The van der Waals surface area contributed by atoms with Crippen LogP contribution in [-0.2, 0) is 0 Å².